The van der Waals surface area contributed by atoms with Gasteiger partial charge in [0.15, 0.2) is 0 Å². The minimum Gasteiger partial charge on any atom is -0.496 e. The maximum Gasteiger partial charge on any atom is 0.257 e. The highest BCUT2D eigenvalue weighted by molar-refractivity contribution is 6.03. The van der Waals surface area contributed by atoms with Crippen LogP contribution in [0.15, 0.2) is 60.7 Å². The Kier molecular flexibility index (Phi) is 5.06. The Hall–Kier alpha value is -3.21. The maximum atomic E-state index is 13.2. The van der Waals surface area contributed by atoms with Gasteiger partial charge in [0.25, 0.3) is 5.91 Å². The zero-order chi connectivity index (χ0) is 19.5. The molecule has 1 heterocycles. The molecular formula is C23H24N2O3. The molecule has 3 aromatic rings. The molecule has 1 fully saturated rings. The summed E-state index contributed by atoms with van der Waals surface area (Å²) in [5, 5.41) is 1.90. The summed E-state index contributed by atoms with van der Waals surface area (Å²) in [5.41, 5.74) is 1.79. The summed E-state index contributed by atoms with van der Waals surface area (Å²) in [7, 11) is 3.24. The minimum absolute atomic E-state index is 0.00859. The van der Waals surface area contributed by atoms with Crippen LogP contribution in [-0.4, -0.2) is 51.2 Å². The Morgan fingerprint density at radius 3 is 2.21 bits per heavy atom. The number of benzene rings is 3. The molecular weight excluding hydrogens is 352 g/mol. The highest BCUT2D eigenvalue weighted by Crippen LogP contribution is 2.33. The fourth-order valence-corrected chi connectivity index (χ4v) is 3.77. The molecule has 1 aliphatic rings. The Labute approximate surface area is 165 Å². The van der Waals surface area contributed by atoms with Crippen molar-refractivity contribution in [3.63, 3.8) is 0 Å². The van der Waals surface area contributed by atoms with E-state index < -0.39 is 0 Å². The van der Waals surface area contributed by atoms with Crippen molar-refractivity contribution < 1.29 is 14.3 Å². The normalized spacial score (nSPS) is 14.2. The number of nitrogens with zero attached hydrogens (tertiary/aromatic N) is 2. The summed E-state index contributed by atoms with van der Waals surface area (Å²) < 4.78 is 11.0. The van der Waals surface area contributed by atoms with E-state index in [1.165, 1.54) is 5.69 Å². The number of carbonyl (C=O) groups is 1. The lowest BCUT2D eigenvalue weighted by Gasteiger charge is -2.36. The van der Waals surface area contributed by atoms with Crippen LogP contribution in [-0.2, 0) is 0 Å². The molecule has 1 amide bonds. The number of para-hydroxylation sites is 1. The monoisotopic (exact) mass is 376 g/mol. The van der Waals surface area contributed by atoms with Crippen molar-refractivity contribution in [2.75, 3.05) is 45.3 Å². The second kappa shape index (κ2) is 7.80. The second-order valence-corrected chi connectivity index (χ2v) is 6.85. The molecule has 0 bridgehead atoms. The molecule has 0 saturated carbocycles. The third-order valence-corrected chi connectivity index (χ3v) is 5.30. The molecule has 5 heteroatoms. The van der Waals surface area contributed by atoms with Crippen LogP contribution < -0.4 is 14.4 Å². The number of amides is 1. The zero-order valence-electron chi connectivity index (χ0n) is 16.2. The fraction of sp³-hybridized carbons (Fsp3) is 0.261. The highest BCUT2D eigenvalue weighted by atomic mass is 16.5. The predicted octanol–water partition coefficient (Wildman–Crippen LogP) is 3.82. The zero-order valence-corrected chi connectivity index (χ0v) is 16.2. The maximum absolute atomic E-state index is 13.2. The molecule has 0 spiro atoms. The predicted molar refractivity (Wildman–Crippen MR) is 112 cm³/mol. The van der Waals surface area contributed by atoms with Gasteiger partial charge in [-0.1, -0.05) is 30.3 Å². The van der Waals surface area contributed by atoms with E-state index in [0.29, 0.717) is 24.4 Å². The van der Waals surface area contributed by atoms with Gasteiger partial charge in [0.2, 0.25) is 0 Å². The minimum atomic E-state index is 0.00859. The van der Waals surface area contributed by atoms with E-state index in [4.69, 9.17) is 9.47 Å². The van der Waals surface area contributed by atoms with E-state index in [2.05, 4.69) is 17.0 Å². The topological polar surface area (TPSA) is 42.0 Å². The molecule has 0 aromatic heterocycles. The summed E-state index contributed by atoms with van der Waals surface area (Å²) in [6.07, 6.45) is 0. The van der Waals surface area contributed by atoms with E-state index in [0.717, 1.165) is 29.6 Å². The van der Waals surface area contributed by atoms with Crippen molar-refractivity contribution in [3.8, 4) is 11.5 Å². The Morgan fingerprint density at radius 2 is 1.54 bits per heavy atom. The van der Waals surface area contributed by atoms with Crippen molar-refractivity contribution >= 4 is 22.4 Å². The molecule has 28 heavy (non-hydrogen) atoms. The van der Waals surface area contributed by atoms with Gasteiger partial charge in [-0.3, -0.25) is 4.79 Å². The van der Waals surface area contributed by atoms with Crippen molar-refractivity contribution in [2.45, 2.75) is 0 Å². The summed E-state index contributed by atoms with van der Waals surface area (Å²) in [5.74, 6) is 1.35. The Bertz CT molecular complexity index is 980. The molecule has 144 valence electrons. The molecule has 0 radical (unpaired) electrons. The van der Waals surface area contributed by atoms with E-state index in [9.17, 15) is 4.79 Å². The lowest BCUT2D eigenvalue weighted by atomic mass is 10.0. The first-order valence-corrected chi connectivity index (χ1v) is 9.45. The van der Waals surface area contributed by atoms with Gasteiger partial charge in [-0.25, -0.2) is 0 Å². The van der Waals surface area contributed by atoms with Crippen LogP contribution in [0.3, 0.4) is 0 Å². The van der Waals surface area contributed by atoms with Crippen molar-refractivity contribution in [3.05, 3.63) is 66.2 Å². The smallest absolute Gasteiger partial charge is 0.257 e. The van der Waals surface area contributed by atoms with Crippen molar-refractivity contribution in [1.29, 1.82) is 0 Å². The first-order valence-electron chi connectivity index (χ1n) is 9.45. The van der Waals surface area contributed by atoms with E-state index in [1.54, 1.807) is 14.2 Å². The summed E-state index contributed by atoms with van der Waals surface area (Å²) in [6, 6.07) is 19.9. The summed E-state index contributed by atoms with van der Waals surface area (Å²) in [6.45, 7) is 3.01. The van der Waals surface area contributed by atoms with Crippen molar-refractivity contribution in [1.82, 2.24) is 4.90 Å². The van der Waals surface area contributed by atoms with Crippen LogP contribution in [0.1, 0.15) is 10.4 Å². The third-order valence-electron chi connectivity index (χ3n) is 5.30. The number of carbonyl (C=O) groups excluding carboxylic acids is 1. The summed E-state index contributed by atoms with van der Waals surface area (Å²) in [4.78, 5) is 17.4. The third kappa shape index (κ3) is 3.36. The number of hydrogen-bond donors (Lipinski definition) is 0. The molecule has 0 aliphatic carbocycles. The molecule has 1 aliphatic heterocycles. The fourth-order valence-electron chi connectivity index (χ4n) is 3.77. The Morgan fingerprint density at radius 1 is 0.821 bits per heavy atom. The molecule has 3 aromatic carbocycles. The average molecular weight is 376 g/mol. The van der Waals surface area contributed by atoms with Gasteiger partial charge in [0.05, 0.1) is 19.8 Å². The number of rotatable bonds is 4. The molecule has 1 saturated heterocycles. The lowest BCUT2D eigenvalue weighted by Crippen LogP contribution is -2.48. The van der Waals surface area contributed by atoms with E-state index >= 15 is 0 Å². The number of piperazine rings is 1. The number of methoxy groups -OCH3 is 2. The van der Waals surface area contributed by atoms with Gasteiger partial charge in [-0.2, -0.15) is 0 Å². The number of hydrogen-bond acceptors (Lipinski definition) is 4. The molecule has 0 unspecified atom stereocenters. The quantitative estimate of drug-likeness (QED) is 0.694. The Balaban J connectivity index is 1.57. The number of fused-ring (bicyclic) bond motifs is 1. The molecule has 5 nitrogen and oxygen atoms in total. The van der Waals surface area contributed by atoms with Gasteiger partial charge in [0, 0.05) is 37.3 Å². The first kappa shape index (κ1) is 18.2. The number of anilines is 1. The van der Waals surface area contributed by atoms with Crippen LogP contribution >= 0.6 is 0 Å². The van der Waals surface area contributed by atoms with Gasteiger partial charge in [0.1, 0.15) is 11.5 Å². The largest absolute Gasteiger partial charge is 0.496 e. The summed E-state index contributed by atoms with van der Waals surface area (Å²) >= 11 is 0. The SMILES string of the molecule is COc1cc2c(OC)cccc2cc1C(=O)N1CCN(c2ccccc2)CC1. The van der Waals surface area contributed by atoms with Crippen molar-refractivity contribution in [2.24, 2.45) is 0 Å². The van der Waals surface area contributed by atoms with Gasteiger partial charge >= 0.3 is 0 Å². The molecule has 0 N–H and O–H groups in total. The van der Waals surface area contributed by atoms with E-state index in [-0.39, 0.29) is 5.91 Å². The standard InChI is InChI=1S/C23H24N2O3/c1-27-21-10-6-7-17-15-20(22(28-2)16-19(17)21)23(26)25-13-11-24(12-14-25)18-8-4-3-5-9-18/h3-10,15-16H,11-14H2,1-2H3. The highest BCUT2D eigenvalue weighted by Gasteiger charge is 2.25. The van der Waals surface area contributed by atoms with Crippen LogP contribution in [0.5, 0.6) is 11.5 Å². The molecule has 0 atom stereocenters. The van der Waals surface area contributed by atoms with Gasteiger partial charge < -0.3 is 19.3 Å². The van der Waals surface area contributed by atoms with Crippen LogP contribution in [0.25, 0.3) is 10.8 Å². The second-order valence-electron chi connectivity index (χ2n) is 6.85. The van der Waals surface area contributed by atoms with Crippen LogP contribution in [0, 0.1) is 0 Å². The molecule has 4 rings (SSSR count). The van der Waals surface area contributed by atoms with E-state index in [1.807, 2.05) is 53.4 Å². The lowest BCUT2D eigenvalue weighted by molar-refractivity contribution is 0.0743. The van der Waals surface area contributed by atoms with Gasteiger partial charge in [-0.15, -0.1) is 0 Å². The first-order chi connectivity index (χ1) is 13.7. The number of ether oxygens (including phenoxy) is 2. The van der Waals surface area contributed by atoms with Gasteiger partial charge in [-0.05, 0) is 35.7 Å². The van der Waals surface area contributed by atoms with Crippen LogP contribution in [0.2, 0.25) is 0 Å². The average Bonchev–Trinajstić information content (AvgIpc) is 2.78. The van der Waals surface area contributed by atoms with Crippen LogP contribution in [0.4, 0.5) is 5.69 Å².